The fourth-order valence-electron chi connectivity index (χ4n) is 6.67. The standard InChI is InChI=1S/C32H63NO4S2Si2.C27H53NO4Si2.C5H10OS2/c1-15-17-34-19-20-35-18-16-33(26-32(8,9)39-38-10)29-22-27(24-36-40(11,12)30(2,3)4)21-28(23-29)25-37-41(13,14)31(5,6)7;1-12-14-29-16-17-30-15-13-28-25-19-23(21-31-33(8,9)26(2,3)4)18-24(20-25)22-32-34(10,11)27(5,6)7;1-5(2,4-6)8-7-3/h21-23H,15-20,24-26H2,1-14H3;18-20,28H,12-17,21-22H2,1-11H3;4H,1-3H3. The minimum Gasteiger partial charge on any atom is -0.413 e. The van der Waals surface area contributed by atoms with Crippen LogP contribution in [0.15, 0.2) is 36.4 Å². The van der Waals surface area contributed by atoms with Crippen LogP contribution in [-0.2, 0) is 67.9 Å². The minimum atomic E-state index is -1.89. The molecule has 0 aliphatic carbocycles. The molecular weight excluding hydrogens is 1180 g/mol. The Bertz CT molecular complexity index is 1990. The molecule has 19 heteroatoms. The summed E-state index contributed by atoms with van der Waals surface area (Å²) in [7, 11) is -0.464. The molecule has 0 amide bonds. The number of carbonyl (C=O) groups is 1. The van der Waals surface area contributed by atoms with Gasteiger partial charge in [-0.15, -0.1) is 0 Å². The van der Waals surface area contributed by atoms with Crippen molar-refractivity contribution in [3.8, 4) is 0 Å². The van der Waals surface area contributed by atoms with Gasteiger partial charge in [-0.2, -0.15) is 0 Å². The van der Waals surface area contributed by atoms with E-state index in [9.17, 15) is 4.79 Å². The largest absolute Gasteiger partial charge is 0.413 e. The molecule has 0 radical (unpaired) electrons. The highest BCUT2D eigenvalue weighted by Crippen LogP contribution is 2.42. The first kappa shape index (κ1) is 82.7. The van der Waals surface area contributed by atoms with E-state index in [4.69, 9.17) is 36.7 Å². The molecule has 2 aromatic carbocycles. The maximum absolute atomic E-state index is 10.2. The van der Waals surface area contributed by atoms with Gasteiger partial charge >= 0.3 is 0 Å². The first-order chi connectivity index (χ1) is 38.0. The lowest BCUT2D eigenvalue weighted by Gasteiger charge is -2.37. The number of ether oxygens (including phenoxy) is 4. The van der Waals surface area contributed by atoms with Crippen molar-refractivity contribution in [1.29, 1.82) is 0 Å². The zero-order chi connectivity index (χ0) is 64.2. The van der Waals surface area contributed by atoms with Crippen molar-refractivity contribution in [2.75, 3.05) is 95.2 Å². The molecule has 0 saturated carbocycles. The van der Waals surface area contributed by atoms with E-state index in [-0.39, 0.29) is 29.6 Å². The Morgan fingerprint density at radius 1 is 0.458 bits per heavy atom. The third-order valence-corrected chi connectivity index (χ3v) is 39.1. The van der Waals surface area contributed by atoms with Crippen LogP contribution in [0.1, 0.15) is 160 Å². The average Bonchev–Trinajstić information content (AvgIpc) is 3.38. The van der Waals surface area contributed by atoms with Crippen LogP contribution in [0, 0.1) is 0 Å². The summed E-state index contributed by atoms with van der Waals surface area (Å²) in [6.07, 6.45) is 7.17. The highest BCUT2D eigenvalue weighted by atomic mass is 33.1. The molecule has 0 unspecified atom stereocenters. The number of benzene rings is 2. The van der Waals surface area contributed by atoms with Crippen molar-refractivity contribution < 1.29 is 41.4 Å². The number of carbonyl (C=O) groups excluding carboxylic acids is 1. The van der Waals surface area contributed by atoms with Crippen LogP contribution in [0.2, 0.25) is 72.5 Å². The summed E-state index contributed by atoms with van der Waals surface area (Å²) in [6, 6.07) is 13.6. The second-order valence-electron chi connectivity index (χ2n) is 29.0. The minimum absolute atomic E-state index is 0.0785. The quantitative estimate of drug-likeness (QED) is 0.0300. The van der Waals surface area contributed by atoms with Crippen LogP contribution >= 0.6 is 43.2 Å². The topological polar surface area (TPSA) is 106 Å². The number of hydrogen-bond donors (Lipinski definition) is 1. The Morgan fingerprint density at radius 3 is 1.08 bits per heavy atom. The molecule has 0 aromatic heterocycles. The number of rotatable bonds is 37. The maximum Gasteiger partial charge on any atom is 0.192 e. The molecule has 0 atom stereocenters. The maximum atomic E-state index is 10.2. The Labute approximate surface area is 531 Å². The lowest BCUT2D eigenvalue weighted by molar-refractivity contribution is -0.109. The lowest BCUT2D eigenvalue weighted by Crippen LogP contribution is -2.41. The molecule has 2 aromatic rings. The summed E-state index contributed by atoms with van der Waals surface area (Å²) in [5, 5.41) is 4.25. The predicted octanol–water partition coefficient (Wildman–Crippen LogP) is 19.3. The van der Waals surface area contributed by atoms with Gasteiger partial charge in [-0.05, 0) is 172 Å². The molecule has 2 rings (SSSR count). The van der Waals surface area contributed by atoms with E-state index in [1.165, 1.54) is 27.9 Å². The van der Waals surface area contributed by atoms with E-state index in [0.29, 0.717) is 66.1 Å². The van der Waals surface area contributed by atoms with E-state index in [1.807, 2.05) is 41.7 Å². The highest BCUT2D eigenvalue weighted by molar-refractivity contribution is 8.77. The fraction of sp³-hybridized carbons (Fsp3) is 0.797. The molecule has 0 heterocycles. The number of nitrogens with zero attached hydrogens (tertiary/aromatic N) is 1. The van der Waals surface area contributed by atoms with Gasteiger partial charge in [0.15, 0.2) is 33.3 Å². The Hall–Kier alpha value is -0.342. The monoisotopic (exact) mass is 1310 g/mol. The summed E-state index contributed by atoms with van der Waals surface area (Å²) < 4.78 is 49.1. The summed E-state index contributed by atoms with van der Waals surface area (Å²) in [6.45, 7) is 69.2. The van der Waals surface area contributed by atoms with Gasteiger partial charge in [-0.3, -0.25) is 0 Å². The molecule has 0 saturated heterocycles. The summed E-state index contributed by atoms with van der Waals surface area (Å²) >= 11 is 0. The van der Waals surface area contributed by atoms with E-state index < -0.39 is 33.3 Å². The molecular formula is C64H126N2O9S4Si4. The van der Waals surface area contributed by atoms with Crippen LogP contribution in [0.25, 0.3) is 0 Å². The fourth-order valence-corrected chi connectivity index (χ4v) is 14.6. The second kappa shape index (κ2) is 38.4. The zero-order valence-electron chi connectivity index (χ0n) is 58.3. The van der Waals surface area contributed by atoms with Crippen molar-refractivity contribution in [2.45, 2.75) is 246 Å². The normalized spacial score (nSPS) is 13.3. The van der Waals surface area contributed by atoms with Crippen LogP contribution in [0.4, 0.5) is 11.4 Å². The van der Waals surface area contributed by atoms with Crippen molar-refractivity contribution in [2.24, 2.45) is 0 Å². The van der Waals surface area contributed by atoms with Gasteiger partial charge in [0.05, 0.1) is 70.8 Å². The number of aldehydes is 1. The summed E-state index contributed by atoms with van der Waals surface area (Å²) in [4.78, 5) is 12.7. The third-order valence-electron chi connectivity index (χ3n) is 16.1. The van der Waals surface area contributed by atoms with Gasteiger partial charge < -0.3 is 51.7 Å². The molecule has 0 spiro atoms. The van der Waals surface area contributed by atoms with Gasteiger partial charge in [0.1, 0.15) is 6.29 Å². The zero-order valence-corrected chi connectivity index (χ0v) is 65.6. The van der Waals surface area contributed by atoms with Crippen molar-refractivity contribution in [3.63, 3.8) is 0 Å². The Kier molecular flexibility index (Phi) is 38.2. The van der Waals surface area contributed by atoms with E-state index in [2.05, 4.69) is 216 Å². The molecule has 0 aliphatic heterocycles. The van der Waals surface area contributed by atoms with Crippen LogP contribution in [0.3, 0.4) is 0 Å². The van der Waals surface area contributed by atoms with Crippen molar-refractivity contribution >= 4 is 94.1 Å². The van der Waals surface area contributed by atoms with Gasteiger partial charge in [0, 0.05) is 49.0 Å². The van der Waals surface area contributed by atoms with E-state index in [1.54, 1.807) is 21.6 Å². The number of hydrogen-bond acceptors (Lipinski definition) is 15. The molecule has 0 aliphatic rings. The van der Waals surface area contributed by atoms with Gasteiger partial charge in [0.25, 0.3) is 0 Å². The number of anilines is 2. The van der Waals surface area contributed by atoms with Gasteiger partial charge in [0.2, 0.25) is 0 Å². The average molecular weight is 1310 g/mol. The Morgan fingerprint density at radius 2 is 0.783 bits per heavy atom. The smallest absolute Gasteiger partial charge is 0.192 e. The SMILES string of the molecule is CCCOCCOCCN(CC(C)(C)SSC)c1cc(CO[Si](C)(C)C(C)(C)C)cc(CO[Si](C)(C)C(C)(C)C)c1.CCCOCCOCCNc1cc(CO[Si](C)(C)C(C)(C)C)cc(CO[Si](C)(C)C(C)(C)C)c1.CSSC(C)(C)C=O. The first-order valence-electron chi connectivity index (χ1n) is 30.5. The molecule has 486 valence electrons. The van der Waals surface area contributed by atoms with Gasteiger partial charge in [-0.25, -0.2) is 0 Å². The first-order valence-corrected chi connectivity index (χ1v) is 47.2. The van der Waals surface area contributed by atoms with Crippen molar-refractivity contribution in [1.82, 2.24) is 0 Å². The lowest BCUT2D eigenvalue weighted by atomic mass is 10.1. The van der Waals surface area contributed by atoms with Crippen LogP contribution < -0.4 is 10.2 Å². The highest BCUT2D eigenvalue weighted by Gasteiger charge is 2.40. The molecule has 11 nitrogen and oxygen atoms in total. The van der Waals surface area contributed by atoms with E-state index in [0.717, 1.165) is 57.7 Å². The predicted molar refractivity (Wildman–Crippen MR) is 382 cm³/mol. The summed E-state index contributed by atoms with van der Waals surface area (Å²) in [5.41, 5.74) is 7.13. The van der Waals surface area contributed by atoms with Crippen LogP contribution in [-0.4, -0.2) is 134 Å². The van der Waals surface area contributed by atoms with E-state index >= 15 is 0 Å². The Balaban J connectivity index is 0.00000145. The second-order valence-corrected chi connectivity index (χ2v) is 54.4. The van der Waals surface area contributed by atoms with Crippen LogP contribution in [0.5, 0.6) is 0 Å². The molecule has 0 fully saturated rings. The molecule has 1 N–H and O–H groups in total. The third kappa shape index (κ3) is 34.4. The molecule has 0 bridgehead atoms. The van der Waals surface area contributed by atoms with Gasteiger partial charge in [-0.1, -0.05) is 152 Å². The van der Waals surface area contributed by atoms with Crippen molar-refractivity contribution in [3.05, 3.63) is 58.7 Å². The summed E-state index contributed by atoms with van der Waals surface area (Å²) in [5.74, 6) is 0. The number of nitrogens with one attached hydrogen (secondary N) is 1. The molecule has 83 heavy (non-hydrogen) atoms.